The zero-order chi connectivity index (χ0) is 61.2. The molecule has 490 valence electrons. The molecule has 0 saturated carbocycles. The number of rotatable bonds is 62. The Balaban J connectivity index is 4.36. The lowest BCUT2D eigenvalue weighted by Crippen LogP contribution is -2.58. The van der Waals surface area contributed by atoms with Crippen LogP contribution in [0.1, 0.15) is 12.8 Å². The first-order valence-electron chi connectivity index (χ1n) is 27.3. The summed E-state index contributed by atoms with van der Waals surface area (Å²) in [5.74, 6) is -1.69. The Morgan fingerprint density at radius 2 is 0.598 bits per heavy atom. The van der Waals surface area contributed by atoms with Gasteiger partial charge in [0.1, 0.15) is 54.9 Å². The van der Waals surface area contributed by atoms with Crippen molar-refractivity contribution >= 4 is 11.9 Å². The molecule has 0 spiro atoms. The molecule has 0 rings (SSSR count). The molecule has 18 N–H and O–H groups in total. The van der Waals surface area contributed by atoms with E-state index in [1.54, 1.807) is 0 Å². The number of carbonyl (C=O) groups excluding carboxylic acids is 1. The largest absolute Gasteiger partial charge is 0.481 e. The SMILES string of the molecule is O=C(O)CCOCCOCCOCCOCCOCCOCCOCCOCCOCCOCCOCCOCCCNC(=O)C(CN(C[C@@H](O)[C@H](O)[C@@H](O)[C@@H](O)CO)C[C@@H](O)[C@H](O)[C@@H](O)[C@@H](O)CO)NC[C@H](O)[C@@H](O)[C@H](O)[C@H](O)CO. The summed E-state index contributed by atoms with van der Waals surface area (Å²) in [5.41, 5.74) is 0. The van der Waals surface area contributed by atoms with Crippen LogP contribution in [0.2, 0.25) is 0 Å². The van der Waals surface area contributed by atoms with E-state index in [-0.39, 0.29) is 52.4 Å². The molecule has 0 aromatic heterocycles. The van der Waals surface area contributed by atoms with Crippen molar-refractivity contribution in [2.75, 3.05) is 211 Å². The van der Waals surface area contributed by atoms with Crippen molar-refractivity contribution in [2.24, 2.45) is 0 Å². The van der Waals surface area contributed by atoms with Gasteiger partial charge in [0.05, 0.1) is 203 Å². The molecule has 0 aromatic carbocycles. The first-order chi connectivity index (χ1) is 39.4. The van der Waals surface area contributed by atoms with Crippen LogP contribution in [0.15, 0.2) is 0 Å². The minimum Gasteiger partial charge on any atom is -0.481 e. The van der Waals surface area contributed by atoms with E-state index in [9.17, 15) is 81.1 Å². The van der Waals surface area contributed by atoms with Gasteiger partial charge in [-0.25, -0.2) is 0 Å². The standard InChI is InChI=1S/C49H99N3O30/c53-32-39(59)46(67)43(64)36(56)28-51-35(29-52(30-37(57)44(65)47(68)40(60)33-54)31-38(58)45(66)48(69)41(61)34-55)49(70)50-3-1-4-71-6-8-73-10-12-75-14-16-77-18-20-79-22-24-81-26-27-82-25-23-80-21-19-78-17-15-76-13-11-74-9-7-72-5-2-42(62)63/h35-41,43-48,51,53-61,64-69H,1-34H2,(H,50,70)(H,62,63)/t35?,36-,37+,38+,39+,40-,41-,43+,44-,45-,46+,47-,48-/m0/s1. The Morgan fingerprint density at radius 3 is 0.878 bits per heavy atom. The first-order valence-corrected chi connectivity index (χ1v) is 27.3. The highest BCUT2D eigenvalue weighted by atomic mass is 16.6. The number of carboxylic acids is 1. The van der Waals surface area contributed by atoms with E-state index in [1.807, 2.05) is 0 Å². The fourth-order valence-corrected chi connectivity index (χ4v) is 6.73. The maximum absolute atomic E-state index is 13.6. The van der Waals surface area contributed by atoms with Crippen LogP contribution < -0.4 is 10.6 Å². The molecular formula is C49H99N3O30. The van der Waals surface area contributed by atoms with Crippen molar-refractivity contribution < 1.29 is 148 Å². The van der Waals surface area contributed by atoms with E-state index in [1.165, 1.54) is 0 Å². The Bertz CT molecular complexity index is 1420. The molecule has 0 aromatic rings. The summed E-state index contributed by atoms with van der Waals surface area (Å²) < 4.78 is 65.2. The van der Waals surface area contributed by atoms with E-state index >= 15 is 0 Å². The summed E-state index contributed by atoms with van der Waals surface area (Å²) in [7, 11) is 0. The fourth-order valence-electron chi connectivity index (χ4n) is 6.73. The van der Waals surface area contributed by atoms with Gasteiger partial charge in [-0.3, -0.25) is 14.5 Å². The predicted molar refractivity (Wildman–Crippen MR) is 281 cm³/mol. The smallest absolute Gasteiger partial charge is 0.305 e. The molecule has 82 heavy (non-hydrogen) atoms. The van der Waals surface area contributed by atoms with Crippen LogP contribution in [0.3, 0.4) is 0 Å². The third-order valence-electron chi connectivity index (χ3n) is 11.5. The molecule has 0 aliphatic heterocycles. The van der Waals surface area contributed by atoms with E-state index < -0.39 is 137 Å². The summed E-state index contributed by atoms with van der Waals surface area (Å²) in [4.78, 5) is 25.0. The van der Waals surface area contributed by atoms with Gasteiger partial charge in [0.15, 0.2) is 0 Å². The van der Waals surface area contributed by atoms with Crippen LogP contribution in [-0.2, 0) is 66.4 Å². The molecule has 33 heteroatoms. The predicted octanol–water partition coefficient (Wildman–Crippen LogP) is -10.3. The Kier molecular flexibility index (Phi) is 52.7. The number of carbonyl (C=O) groups is 2. The monoisotopic (exact) mass is 1210 g/mol. The number of aliphatic hydroxyl groups is 15. The van der Waals surface area contributed by atoms with Gasteiger partial charge >= 0.3 is 5.97 Å². The van der Waals surface area contributed by atoms with Gasteiger partial charge in [-0.2, -0.15) is 0 Å². The van der Waals surface area contributed by atoms with Crippen molar-refractivity contribution in [2.45, 2.75) is 92.1 Å². The third kappa shape index (κ3) is 42.6. The quantitative estimate of drug-likeness (QED) is 0.0251. The molecule has 13 atom stereocenters. The highest BCUT2D eigenvalue weighted by Crippen LogP contribution is 2.13. The molecule has 1 amide bonds. The average molecular weight is 1210 g/mol. The van der Waals surface area contributed by atoms with Crippen LogP contribution in [0.4, 0.5) is 0 Å². The van der Waals surface area contributed by atoms with Crippen LogP contribution in [0.25, 0.3) is 0 Å². The summed E-state index contributed by atoms with van der Waals surface area (Å²) >= 11 is 0. The van der Waals surface area contributed by atoms with Crippen molar-refractivity contribution in [1.29, 1.82) is 0 Å². The molecule has 0 bridgehead atoms. The topological polar surface area (TPSA) is 496 Å². The number of aliphatic hydroxyl groups excluding tert-OH is 15. The normalized spacial score (nSPS) is 16.9. The number of hydrogen-bond acceptors (Lipinski definition) is 31. The van der Waals surface area contributed by atoms with Crippen molar-refractivity contribution in [3.63, 3.8) is 0 Å². The zero-order valence-corrected chi connectivity index (χ0v) is 46.9. The van der Waals surface area contributed by atoms with Gasteiger partial charge in [-0.05, 0) is 6.42 Å². The van der Waals surface area contributed by atoms with E-state index in [4.69, 9.17) is 67.1 Å². The van der Waals surface area contributed by atoms with Gasteiger partial charge < -0.3 is 149 Å². The lowest BCUT2D eigenvalue weighted by molar-refractivity contribution is -0.138. The minimum atomic E-state index is -2.12. The van der Waals surface area contributed by atoms with Gasteiger partial charge in [0, 0.05) is 39.3 Å². The number of ether oxygens (including phenoxy) is 12. The molecule has 33 nitrogen and oxygen atoms in total. The molecule has 1 unspecified atom stereocenters. The second-order valence-corrected chi connectivity index (χ2v) is 18.2. The number of nitrogens with one attached hydrogen (secondary N) is 2. The Labute approximate surface area is 478 Å². The van der Waals surface area contributed by atoms with Crippen LogP contribution in [0, 0.1) is 0 Å². The number of aliphatic carboxylic acids is 1. The Hall–Kier alpha value is -2.22. The third-order valence-corrected chi connectivity index (χ3v) is 11.5. The minimum absolute atomic E-state index is 0.00664. The lowest BCUT2D eigenvalue weighted by atomic mass is 10.0. The summed E-state index contributed by atoms with van der Waals surface area (Å²) in [5, 5.41) is 165. The second-order valence-electron chi connectivity index (χ2n) is 18.2. The van der Waals surface area contributed by atoms with E-state index in [0.29, 0.717) is 126 Å². The summed E-state index contributed by atoms with van der Waals surface area (Å²) in [6, 6.07) is -1.46. The highest BCUT2D eigenvalue weighted by molar-refractivity contribution is 5.82. The summed E-state index contributed by atoms with van der Waals surface area (Å²) in [6.07, 6.45) is -23.7. The van der Waals surface area contributed by atoms with Gasteiger partial charge in [-0.15, -0.1) is 0 Å². The fraction of sp³-hybridized carbons (Fsp3) is 0.959. The average Bonchev–Trinajstić information content (AvgIpc) is 3.52. The van der Waals surface area contributed by atoms with Crippen LogP contribution in [-0.4, -0.2) is 389 Å². The zero-order valence-electron chi connectivity index (χ0n) is 46.9. The first kappa shape index (κ1) is 79.8. The lowest BCUT2D eigenvalue weighted by Gasteiger charge is -2.35. The maximum Gasteiger partial charge on any atom is 0.305 e. The van der Waals surface area contributed by atoms with Crippen LogP contribution >= 0.6 is 0 Å². The summed E-state index contributed by atoms with van der Waals surface area (Å²) in [6.45, 7) is 2.85. The number of carboxylic acid groups (broad SMARTS) is 1. The van der Waals surface area contributed by atoms with Gasteiger partial charge in [0.2, 0.25) is 5.91 Å². The van der Waals surface area contributed by atoms with Crippen molar-refractivity contribution in [1.82, 2.24) is 15.5 Å². The molecule has 0 heterocycles. The Morgan fingerprint density at radius 1 is 0.341 bits per heavy atom. The second kappa shape index (κ2) is 54.2. The number of amides is 1. The number of nitrogens with zero attached hydrogens (tertiary/aromatic N) is 1. The van der Waals surface area contributed by atoms with Crippen molar-refractivity contribution in [3.05, 3.63) is 0 Å². The molecule has 0 saturated heterocycles. The number of hydrogen-bond donors (Lipinski definition) is 18. The van der Waals surface area contributed by atoms with Crippen molar-refractivity contribution in [3.8, 4) is 0 Å². The maximum atomic E-state index is 13.6. The highest BCUT2D eigenvalue weighted by Gasteiger charge is 2.36. The molecule has 0 aliphatic rings. The van der Waals surface area contributed by atoms with Gasteiger partial charge in [0.25, 0.3) is 0 Å². The van der Waals surface area contributed by atoms with Gasteiger partial charge in [-0.1, -0.05) is 0 Å². The molecule has 0 radical (unpaired) electrons. The molecule has 0 fully saturated rings. The van der Waals surface area contributed by atoms with E-state index in [0.717, 1.165) is 4.90 Å². The van der Waals surface area contributed by atoms with E-state index in [2.05, 4.69) is 10.6 Å². The van der Waals surface area contributed by atoms with Crippen LogP contribution in [0.5, 0.6) is 0 Å². The molecular weight excluding hydrogens is 1110 g/mol. The molecule has 0 aliphatic carbocycles.